The van der Waals surface area contributed by atoms with Crippen LogP contribution in [0.4, 0.5) is 5.69 Å². The van der Waals surface area contributed by atoms with Crippen LogP contribution in [0.5, 0.6) is 0 Å². The smallest absolute Gasteiger partial charge is 0.252 e. The van der Waals surface area contributed by atoms with Crippen molar-refractivity contribution in [2.24, 2.45) is 5.73 Å². The lowest BCUT2D eigenvalue weighted by Gasteiger charge is -2.08. The Hall–Kier alpha value is -1.26. The van der Waals surface area contributed by atoms with E-state index >= 15 is 0 Å². The van der Waals surface area contributed by atoms with Crippen molar-refractivity contribution in [3.63, 3.8) is 0 Å². The first-order chi connectivity index (χ1) is 7.69. The second kappa shape index (κ2) is 6.35. The molecule has 0 aliphatic rings. The van der Waals surface area contributed by atoms with E-state index < -0.39 is 0 Å². The number of carbonyl (C=O) groups is 1. The number of hydrogen-bond donors (Lipinski definition) is 3. The predicted octanol–water partition coefficient (Wildman–Crippen LogP) is 1.46. The molecule has 0 unspecified atom stereocenters. The van der Waals surface area contributed by atoms with E-state index in [4.69, 9.17) is 17.3 Å². The Morgan fingerprint density at radius 2 is 2.25 bits per heavy atom. The molecular formula is C11H16ClN3O. The van der Waals surface area contributed by atoms with Gasteiger partial charge in [-0.25, -0.2) is 0 Å². The maximum absolute atomic E-state index is 11.5. The van der Waals surface area contributed by atoms with Crippen molar-refractivity contribution in [2.75, 3.05) is 25.5 Å². The molecule has 0 aromatic heterocycles. The van der Waals surface area contributed by atoms with Gasteiger partial charge in [-0.3, -0.25) is 4.79 Å². The molecule has 0 spiro atoms. The number of hydrogen-bond acceptors (Lipinski definition) is 3. The quantitative estimate of drug-likeness (QED) is 0.684. The molecule has 0 aliphatic heterocycles. The van der Waals surface area contributed by atoms with E-state index in [1.807, 2.05) is 6.07 Å². The topological polar surface area (TPSA) is 67.2 Å². The molecule has 0 bridgehead atoms. The van der Waals surface area contributed by atoms with Crippen LogP contribution in [0, 0.1) is 0 Å². The summed E-state index contributed by atoms with van der Waals surface area (Å²) >= 11 is 5.92. The summed E-state index contributed by atoms with van der Waals surface area (Å²) in [5, 5.41) is 6.17. The second-order valence-corrected chi connectivity index (χ2v) is 3.75. The molecule has 0 radical (unpaired) electrons. The lowest BCUT2D eigenvalue weighted by Crippen LogP contribution is -2.18. The Bertz CT molecular complexity index is 368. The van der Waals surface area contributed by atoms with E-state index in [1.165, 1.54) is 0 Å². The van der Waals surface area contributed by atoms with Crippen molar-refractivity contribution in [1.29, 1.82) is 0 Å². The maximum atomic E-state index is 11.5. The zero-order valence-corrected chi connectivity index (χ0v) is 9.97. The van der Waals surface area contributed by atoms with Crippen molar-refractivity contribution in [3.8, 4) is 0 Å². The molecule has 88 valence electrons. The van der Waals surface area contributed by atoms with Crippen LogP contribution >= 0.6 is 11.6 Å². The molecule has 16 heavy (non-hydrogen) atoms. The van der Waals surface area contributed by atoms with Crippen molar-refractivity contribution < 1.29 is 4.79 Å². The Morgan fingerprint density at radius 3 is 2.88 bits per heavy atom. The van der Waals surface area contributed by atoms with E-state index in [-0.39, 0.29) is 5.91 Å². The fourth-order valence-corrected chi connectivity index (χ4v) is 1.48. The number of benzene rings is 1. The van der Waals surface area contributed by atoms with Crippen LogP contribution in [0.15, 0.2) is 18.2 Å². The summed E-state index contributed by atoms with van der Waals surface area (Å²) in [7, 11) is 1.58. The van der Waals surface area contributed by atoms with Gasteiger partial charge in [-0.15, -0.1) is 0 Å². The minimum Gasteiger partial charge on any atom is -0.385 e. The van der Waals surface area contributed by atoms with Gasteiger partial charge in [0.15, 0.2) is 0 Å². The fourth-order valence-electron chi connectivity index (χ4n) is 1.28. The minimum absolute atomic E-state index is 0.188. The highest BCUT2D eigenvalue weighted by molar-refractivity contribution is 6.34. The number of halogens is 1. The molecule has 4 N–H and O–H groups in total. The Kier molecular flexibility index (Phi) is 5.08. The molecule has 0 saturated heterocycles. The predicted molar refractivity (Wildman–Crippen MR) is 67.0 cm³/mol. The van der Waals surface area contributed by atoms with Gasteiger partial charge in [0.1, 0.15) is 0 Å². The molecule has 4 nitrogen and oxygen atoms in total. The summed E-state index contributed by atoms with van der Waals surface area (Å²) in [5.41, 5.74) is 6.74. The van der Waals surface area contributed by atoms with Gasteiger partial charge in [-0.2, -0.15) is 0 Å². The fraction of sp³-hybridized carbons (Fsp3) is 0.364. The first-order valence-electron chi connectivity index (χ1n) is 5.14. The van der Waals surface area contributed by atoms with Gasteiger partial charge >= 0.3 is 0 Å². The van der Waals surface area contributed by atoms with Crippen LogP contribution in [0.2, 0.25) is 5.02 Å². The zero-order chi connectivity index (χ0) is 12.0. The third kappa shape index (κ3) is 3.40. The average Bonchev–Trinajstić information content (AvgIpc) is 2.30. The van der Waals surface area contributed by atoms with Crippen molar-refractivity contribution in [3.05, 3.63) is 28.8 Å². The highest BCUT2D eigenvalue weighted by atomic mass is 35.5. The van der Waals surface area contributed by atoms with Crippen molar-refractivity contribution >= 4 is 23.2 Å². The highest BCUT2D eigenvalue weighted by Crippen LogP contribution is 2.20. The van der Waals surface area contributed by atoms with Crippen LogP contribution in [0.3, 0.4) is 0 Å². The lowest BCUT2D eigenvalue weighted by molar-refractivity contribution is 0.0963. The van der Waals surface area contributed by atoms with Gasteiger partial charge in [0.2, 0.25) is 0 Å². The molecule has 0 atom stereocenters. The molecule has 5 heteroatoms. The molecular weight excluding hydrogens is 226 g/mol. The number of anilines is 1. The van der Waals surface area contributed by atoms with E-state index in [0.29, 0.717) is 17.1 Å². The molecule has 0 heterocycles. The third-order valence-corrected chi connectivity index (χ3v) is 2.48. The molecule has 0 saturated carbocycles. The number of rotatable bonds is 5. The normalized spacial score (nSPS) is 9.94. The van der Waals surface area contributed by atoms with Crippen molar-refractivity contribution in [1.82, 2.24) is 5.32 Å². The van der Waals surface area contributed by atoms with E-state index in [9.17, 15) is 4.79 Å². The van der Waals surface area contributed by atoms with Crippen LogP contribution < -0.4 is 16.4 Å². The van der Waals surface area contributed by atoms with Crippen LogP contribution in [0.25, 0.3) is 0 Å². The standard InChI is InChI=1S/C11H16ClN3O/c1-14-11(16)9-7-8(3-4-10(9)12)15-6-2-5-13/h3-4,7,15H,2,5-6,13H2,1H3,(H,14,16). The number of nitrogens with two attached hydrogens (primary N) is 1. The van der Waals surface area contributed by atoms with Gasteiger partial charge in [0.25, 0.3) is 5.91 Å². The summed E-state index contributed by atoms with van der Waals surface area (Å²) in [6, 6.07) is 5.28. The summed E-state index contributed by atoms with van der Waals surface area (Å²) in [6.45, 7) is 1.42. The molecule has 0 aliphatic carbocycles. The first-order valence-corrected chi connectivity index (χ1v) is 5.52. The largest absolute Gasteiger partial charge is 0.385 e. The number of carbonyl (C=O) groups excluding carboxylic acids is 1. The van der Waals surface area contributed by atoms with E-state index in [2.05, 4.69) is 10.6 Å². The third-order valence-electron chi connectivity index (χ3n) is 2.15. The van der Waals surface area contributed by atoms with Crippen LogP contribution in [-0.2, 0) is 0 Å². The van der Waals surface area contributed by atoms with Gasteiger partial charge < -0.3 is 16.4 Å². The summed E-state index contributed by atoms with van der Waals surface area (Å²) in [5.74, 6) is -0.188. The Balaban J connectivity index is 2.77. The minimum atomic E-state index is -0.188. The zero-order valence-electron chi connectivity index (χ0n) is 9.22. The molecule has 0 fully saturated rings. The second-order valence-electron chi connectivity index (χ2n) is 3.34. The van der Waals surface area contributed by atoms with Crippen molar-refractivity contribution in [2.45, 2.75) is 6.42 Å². The SMILES string of the molecule is CNC(=O)c1cc(NCCCN)ccc1Cl. The van der Waals surface area contributed by atoms with E-state index in [1.54, 1.807) is 19.2 Å². The number of nitrogens with one attached hydrogen (secondary N) is 2. The number of amides is 1. The summed E-state index contributed by atoms with van der Waals surface area (Å²) in [6.07, 6.45) is 0.887. The summed E-state index contributed by atoms with van der Waals surface area (Å²) < 4.78 is 0. The maximum Gasteiger partial charge on any atom is 0.252 e. The molecule has 1 aromatic rings. The van der Waals surface area contributed by atoms with Crippen LogP contribution in [0.1, 0.15) is 16.8 Å². The first kappa shape index (κ1) is 12.8. The molecule has 1 rings (SSSR count). The molecule has 1 amide bonds. The Labute approximate surface area is 100 Å². The van der Waals surface area contributed by atoms with E-state index in [0.717, 1.165) is 18.7 Å². The van der Waals surface area contributed by atoms with Gasteiger partial charge in [-0.05, 0) is 31.2 Å². The lowest BCUT2D eigenvalue weighted by atomic mass is 10.2. The van der Waals surface area contributed by atoms with Gasteiger partial charge in [-0.1, -0.05) is 11.6 Å². The van der Waals surface area contributed by atoms with Gasteiger partial charge in [0, 0.05) is 19.3 Å². The monoisotopic (exact) mass is 241 g/mol. The van der Waals surface area contributed by atoms with Crippen LogP contribution in [-0.4, -0.2) is 26.0 Å². The highest BCUT2D eigenvalue weighted by Gasteiger charge is 2.08. The average molecular weight is 242 g/mol. The Morgan fingerprint density at radius 1 is 1.50 bits per heavy atom. The summed E-state index contributed by atoms with van der Waals surface area (Å²) in [4.78, 5) is 11.5. The van der Waals surface area contributed by atoms with Gasteiger partial charge in [0.05, 0.1) is 10.6 Å². The molecule has 1 aromatic carbocycles.